The third kappa shape index (κ3) is 2.40. The van der Waals surface area contributed by atoms with Gasteiger partial charge in [0, 0.05) is 12.5 Å². The Morgan fingerprint density at radius 1 is 1.47 bits per heavy atom. The number of aromatic nitrogens is 1. The van der Waals surface area contributed by atoms with E-state index in [4.69, 9.17) is 27.9 Å². The molecule has 0 saturated heterocycles. The zero-order valence-electron chi connectivity index (χ0n) is 9.08. The van der Waals surface area contributed by atoms with E-state index in [0.717, 1.165) is 16.9 Å². The Hall–Kier alpha value is -0.430. The second kappa shape index (κ2) is 5.48. The van der Waals surface area contributed by atoms with Crippen LogP contribution < -0.4 is 4.57 Å². The number of nitrogens with zero attached hydrogens (tertiary/aromatic N) is 1. The highest BCUT2D eigenvalue weighted by atomic mass is 35.9. The minimum absolute atomic E-state index is 0.539. The topological polar surface area (TPSA) is 27.7 Å². The number of hydrogen-bond acceptors (Lipinski definition) is 2. The lowest BCUT2D eigenvalue weighted by Crippen LogP contribution is -2.33. The van der Waals surface area contributed by atoms with Crippen LogP contribution in [-0.2, 0) is 6.42 Å². The number of nitrogens with one attached hydrogen (secondary N) is 1. The summed E-state index contributed by atoms with van der Waals surface area (Å²) in [5, 5.41) is 8.49. The van der Waals surface area contributed by atoms with Gasteiger partial charge in [-0.05, 0) is 6.07 Å². The quantitative estimate of drug-likeness (QED) is 0.488. The number of halogens is 2. The summed E-state index contributed by atoms with van der Waals surface area (Å²) >= 11 is 13.6. The number of thiazole rings is 1. The summed E-state index contributed by atoms with van der Waals surface area (Å²) in [5.41, 5.74) is 1.58. The molecule has 0 saturated carbocycles. The van der Waals surface area contributed by atoms with Gasteiger partial charge in [0.2, 0.25) is 10.5 Å². The van der Waals surface area contributed by atoms with Gasteiger partial charge in [0.25, 0.3) is 0 Å². The van der Waals surface area contributed by atoms with E-state index in [2.05, 4.69) is 18.9 Å². The van der Waals surface area contributed by atoms with Gasteiger partial charge in [0.15, 0.2) is 6.63 Å². The van der Waals surface area contributed by atoms with Crippen molar-refractivity contribution in [3.05, 3.63) is 29.3 Å². The molecule has 2 aromatic rings. The van der Waals surface area contributed by atoms with Crippen LogP contribution in [0.4, 0.5) is 0 Å². The molecule has 1 aromatic carbocycles. The van der Waals surface area contributed by atoms with Crippen LogP contribution in [0.15, 0.2) is 24.3 Å². The van der Waals surface area contributed by atoms with E-state index < -0.39 is 6.63 Å². The number of hydrogen-bond donors (Lipinski definition) is 1. The first-order valence-electron chi connectivity index (χ1n) is 5.03. The van der Waals surface area contributed by atoms with Crippen LogP contribution in [0.1, 0.15) is 11.9 Å². The summed E-state index contributed by atoms with van der Waals surface area (Å²) < 4.78 is 3.13. The van der Waals surface area contributed by atoms with E-state index in [1.165, 1.54) is 4.70 Å². The van der Waals surface area contributed by atoms with Crippen molar-refractivity contribution >= 4 is 62.0 Å². The first-order chi connectivity index (χ1) is 8.19. The van der Waals surface area contributed by atoms with Gasteiger partial charge in [-0.1, -0.05) is 52.9 Å². The SMILES string of the molecule is CCc1sc2ccccc2[n+]1C(=C=N)P(Cl)Cl. The average molecular weight is 304 g/mol. The molecule has 1 N–H and O–H groups in total. The van der Waals surface area contributed by atoms with Gasteiger partial charge in [-0.2, -0.15) is 0 Å². The summed E-state index contributed by atoms with van der Waals surface area (Å²) in [5.74, 6) is 2.37. The van der Waals surface area contributed by atoms with Crippen LogP contribution in [0.25, 0.3) is 15.7 Å². The van der Waals surface area contributed by atoms with Gasteiger partial charge in [-0.25, -0.2) is 0 Å². The fraction of sp³-hybridized carbons (Fsp3) is 0.182. The third-order valence-corrected chi connectivity index (χ3v) is 5.23. The van der Waals surface area contributed by atoms with Gasteiger partial charge < -0.3 is 0 Å². The molecule has 6 heteroatoms. The van der Waals surface area contributed by atoms with Crippen molar-refractivity contribution in [2.24, 2.45) is 0 Å². The van der Waals surface area contributed by atoms with Crippen molar-refractivity contribution in [3.63, 3.8) is 0 Å². The molecule has 0 radical (unpaired) electrons. The lowest BCUT2D eigenvalue weighted by Gasteiger charge is -1.98. The Bertz CT molecular complexity index is 603. The van der Waals surface area contributed by atoms with Gasteiger partial charge in [-0.3, -0.25) is 5.41 Å². The Kier molecular flexibility index (Phi) is 4.19. The average Bonchev–Trinajstić information content (AvgIpc) is 2.69. The fourth-order valence-electron chi connectivity index (χ4n) is 1.67. The van der Waals surface area contributed by atoms with E-state index in [-0.39, 0.29) is 0 Å². The van der Waals surface area contributed by atoms with E-state index in [9.17, 15) is 0 Å². The second-order valence-corrected chi connectivity index (χ2v) is 7.89. The number of para-hydroxylation sites is 1. The normalized spacial score (nSPS) is 10.8. The van der Waals surface area contributed by atoms with E-state index in [1.54, 1.807) is 11.3 Å². The van der Waals surface area contributed by atoms with Crippen molar-refractivity contribution < 1.29 is 4.57 Å². The monoisotopic (exact) mass is 303 g/mol. The van der Waals surface area contributed by atoms with E-state index >= 15 is 0 Å². The molecule has 0 aliphatic carbocycles. The summed E-state index contributed by atoms with van der Waals surface area (Å²) in [6.45, 7) is 0.699. The molecular weight excluding hydrogens is 294 g/mol. The highest BCUT2D eigenvalue weighted by Gasteiger charge is 2.28. The third-order valence-electron chi connectivity index (χ3n) is 2.37. The van der Waals surface area contributed by atoms with E-state index in [1.807, 2.05) is 22.8 Å². The van der Waals surface area contributed by atoms with Crippen LogP contribution in [-0.4, -0.2) is 5.87 Å². The summed E-state index contributed by atoms with van der Waals surface area (Å²) in [6.07, 6.45) is 0.876. The Morgan fingerprint density at radius 2 is 2.18 bits per heavy atom. The van der Waals surface area contributed by atoms with Crippen LogP contribution >= 0.6 is 40.4 Å². The van der Waals surface area contributed by atoms with Crippen LogP contribution in [0.3, 0.4) is 0 Å². The van der Waals surface area contributed by atoms with E-state index in [0.29, 0.717) is 5.44 Å². The zero-order chi connectivity index (χ0) is 12.4. The molecule has 0 spiro atoms. The van der Waals surface area contributed by atoms with Crippen LogP contribution in [0, 0.1) is 5.41 Å². The highest BCUT2D eigenvalue weighted by molar-refractivity contribution is 8.10. The van der Waals surface area contributed by atoms with Crippen molar-refractivity contribution in [2.45, 2.75) is 13.3 Å². The van der Waals surface area contributed by atoms with Gasteiger partial charge in [0.05, 0.1) is 5.87 Å². The number of rotatable bonds is 3. The Labute approximate surface area is 114 Å². The summed E-state index contributed by atoms with van der Waals surface area (Å²) in [4.78, 5) is 0. The van der Waals surface area contributed by atoms with Crippen molar-refractivity contribution in [2.75, 3.05) is 0 Å². The number of aryl methyl sites for hydroxylation is 1. The first kappa shape index (κ1) is 13.0. The maximum atomic E-state index is 7.36. The Balaban J connectivity index is 2.78. The molecule has 88 valence electrons. The highest BCUT2D eigenvalue weighted by Crippen LogP contribution is 2.54. The molecular formula is C11H10Cl2N2PS+. The smallest absolute Gasteiger partial charge is 0.253 e. The standard InChI is InChI=1S/C11H10Cl2N2PS/c1-2-11-15(10(7-14)16(12)13)8-5-3-4-6-9(8)17-11/h3-6,14H,2H2,1H3/q+1. The van der Waals surface area contributed by atoms with Gasteiger partial charge >= 0.3 is 5.44 Å². The first-order valence-corrected chi connectivity index (χ1v) is 9.00. The zero-order valence-corrected chi connectivity index (χ0v) is 12.3. The van der Waals surface area contributed by atoms with Gasteiger partial charge in [-0.15, -0.1) is 4.57 Å². The molecule has 0 aliphatic rings. The van der Waals surface area contributed by atoms with Crippen molar-refractivity contribution in [1.29, 1.82) is 5.41 Å². The molecule has 1 heterocycles. The maximum Gasteiger partial charge on any atom is 0.301 e. The number of fused-ring (bicyclic) bond motifs is 1. The molecule has 1 aromatic heterocycles. The largest absolute Gasteiger partial charge is 0.301 e. The Morgan fingerprint density at radius 3 is 2.76 bits per heavy atom. The lowest BCUT2D eigenvalue weighted by atomic mass is 10.3. The summed E-state index contributed by atoms with van der Waals surface area (Å²) in [6, 6.07) is 8.04. The molecule has 2 rings (SSSR count). The molecule has 0 unspecified atom stereocenters. The molecule has 0 atom stereocenters. The predicted octanol–water partition coefficient (Wildman–Crippen LogP) is 4.59. The van der Waals surface area contributed by atoms with Crippen LogP contribution in [0.5, 0.6) is 0 Å². The van der Waals surface area contributed by atoms with Crippen molar-refractivity contribution in [3.8, 4) is 0 Å². The summed E-state index contributed by atoms with van der Waals surface area (Å²) in [7, 11) is 0. The predicted molar refractivity (Wildman–Crippen MR) is 77.5 cm³/mol. The van der Waals surface area contributed by atoms with Gasteiger partial charge in [0.1, 0.15) is 4.70 Å². The molecule has 0 aliphatic heterocycles. The minimum Gasteiger partial charge on any atom is -0.253 e. The molecule has 0 fully saturated rings. The van der Waals surface area contributed by atoms with Crippen molar-refractivity contribution in [1.82, 2.24) is 0 Å². The second-order valence-electron chi connectivity index (χ2n) is 3.33. The molecule has 0 amide bonds. The minimum atomic E-state index is -1.38. The fourth-order valence-corrected chi connectivity index (χ4v) is 4.00. The molecule has 2 nitrogen and oxygen atoms in total. The maximum absolute atomic E-state index is 7.36. The molecule has 0 bridgehead atoms. The van der Waals surface area contributed by atoms with Crippen LogP contribution in [0.2, 0.25) is 0 Å². The number of benzene rings is 1. The lowest BCUT2D eigenvalue weighted by molar-refractivity contribution is -0.546. The molecule has 17 heavy (non-hydrogen) atoms.